The first-order chi connectivity index (χ1) is 15.4. The number of carbonyl (C=O) groups is 1. The van der Waals surface area contributed by atoms with E-state index in [2.05, 4.69) is 4.90 Å². The normalized spacial score (nSPS) is 24.3. The van der Waals surface area contributed by atoms with Crippen LogP contribution in [0.15, 0.2) is 30.3 Å². The molecule has 0 bridgehead atoms. The summed E-state index contributed by atoms with van der Waals surface area (Å²) in [7, 11) is 0. The van der Waals surface area contributed by atoms with Gasteiger partial charge in [-0.05, 0) is 56.6 Å². The van der Waals surface area contributed by atoms with Crippen LogP contribution in [-0.4, -0.2) is 67.5 Å². The number of rotatable bonds is 7. The highest BCUT2D eigenvalue weighted by molar-refractivity contribution is 5.67. The van der Waals surface area contributed by atoms with E-state index in [1.54, 1.807) is 4.90 Å². The number of carbonyl (C=O) groups excluding carboxylic acids is 1. The van der Waals surface area contributed by atoms with Crippen LogP contribution in [0.25, 0.3) is 0 Å². The van der Waals surface area contributed by atoms with Crippen LogP contribution in [0, 0.1) is 11.3 Å². The van der Waals surface area contributed by atoms with Crippen molar-refractivity contribution < 1.29 is 27.4 Å². The Morgan fingerprint density at radius 1 is 1.06 bits per heavy atom. The molecule has 1 aromatic carbocycles. The summed E-state index contributed by atoms with van der Waals surface area (Å²) in [5.74, 6) is 0.279. The van der Waals surface area contributed by atoms with Gasteiger partial charge in [0.05, 0.1) is 18.6 Å². The molecule has 2 aliphatic heterocycles. The maximum Gasteiger partial charge on any atom is 0.410 e. The molecular weight excluding hydrogens is 421 g/mol. The van der Waals surface area contributed by atoms with Gasteiger partial charge >= 0.3 is 12.3 Å². The predicted octanol–water partition coefficient (Wildman–Crippen LogP) is 4.86. The number of ether oxygens (including phenoxy) is 2. The summed E-state index contributed by atoms with van der Waals surface area (Å²) in [4.78, 5) is 16.6. The third kappa shape index (κ3) is 5.76. The van der Waals surface area contributed by atoms with Gasteiger partial charge in [0.2, 0.25) is 0 Å². The molecule has 32 heavy (non-hydrogen) atoms. The average Bonchev–Trinajstić information content (AvgIpc) is 3.60. The molecule has 3 fully saturated rings. The molecule has 1 unspecified atom stereocenters. The largest absolute Gasteiger partial charge is 0.445 e. The fourth-order valence-corrected chi connectivity index (χ4v) is 4.87. The fourth-order valence-electron chi connectivity index (χ4n) is 4.87. The maximum atomic E-state index is 13.1. The molecule has 4 rings (SSSR count). The molecule has 5 nitrogen and oxygen atoms in total. The summed E-state index contributed by atoms with van der Waals surface area (Å²) >= 11 is 0. The number of alkyl halides is 3. The number of piperidine rings is 2. The van der Waals surface area contributed by atoms with E-state index in [0.717, 1.165) is 44.3 Å². The number of hydrogen-bond donors (Lipinski definition) is 0. The van der Waals surface area contributed by atoms with Crippen molar-refractivity contribution in [2.45, 2.75) is 57.3 Å². The first kappa shape index (κ1) is 23.4. The van der Waals surface area contributed by atoms with E-state index in [9.17, 15) is 18.0 Å². The van der Waals surface area contributed by atoms with Crippen LogP contribution < -0.4 is 0 Å². The highest BCUT2D eigenvalue weighted by Gasteiger charge is 2.63. The lowest BCUT2D eigenvalue weighted by Gasteiger charge is -2.42. The smallest absolute Gasteiger partial charge is 0.410 e. The Morgan fingerprint density at radius 3 is 2.44 bits per heavy atom. The van der Waals surface area contributed by atoms with Crippen molar-refractivity contribution in [1.82, 2.24) is 9.80 Å². The minimum atomic E-state index is -4.15. The van der Waals surface area contributed by atoms with E-state index in [-0.39, 0.29) is 38.1 Å². The molecule has 1 amide bonds. The molecule has 0 spiro atoms. The Labute approximate surface area is 187 Å². The zero-order valence-corrected chi connectivity index (χ0v) is 18.5. The van der Waals surface area contributed by atoms with Crippen LogP contribution in [0.1, 0.15) is 44.1 Å². The topological polar surface area (TPSA) is 42.0 Å². The second-order valence-corrected chi connectivity index (χ2v) is 9.55. The standard InChI is InChI=1S/C24H33F3N2O3/c25-24(26,27)23(10-11-23)18-31-16-20-7-4-12-29(15-20)21-8-13-28(14-9-21)22(30)32-17-19-5-2-1-3-6-19/h1-3,5-6,20-21H,4,7-18H2. The fraction of sp³-hybridized carbons (Fsp3) is 0.708. The van der Waals surface area contributed by atoms with Crippen LogP contribution >= 0.6 is 0 Å². The third-order valence-electron chi connectivity index (χ3n) is 7.18. The van der Waals surface area contributed by atoms with Crippen LogP contribution in [0.2, 0.25) is 0 Å². The van der Waals surface area contributed by atoms with Crippen molar-refractivity contribution >= 4 is 6.09 Å². The molecule has 178 valence electrons. The van der Waals surface area contributed by atoms with Crippen molar-refractivity contribution in [3.8, 4) is 0 Å². The minimum Gasteiger partial charge on any atom is -0.445 e. The van der Waals surface area contributed by atoms with Crippen LogP contribution in [0.4, 0.5) is 18.0 Å². The summed E-state index contributed by atoms with van der Waals surface area (Å²) in [6.45, 7) is 3.70. The first-order valence-electron chi connectivity index (χ1n) is 11.7. The molecule has 1 atom stereocenters. The van der Waals surface area contributed by atoms with Gasteiger partial charge < -0.3 is 14.4 Å². The van der Waals surface area contributed by atoms with Crippen LogP contribution in [0.3, 0.4) is 0 Å². The van der Waals surface area contributed by atoms with Crippen molar-refractivity contribution in [3.05, 3.63) is 35.9 Å². The number of halogens is 3. The summed E-state index contributed by atoms with van der Waals surface area (Å²) in [6, 6.07) is 10.0. The molecule has 0 N–H and O–H groups in total. The molecule has 2 heterocycles. The number of likely N-dealkylation sites (tertiary alicyclic amines) is 2. The predicted molar refractivity (Wildman–Crippen MR) is 114 cm³/mol. The summed E-state index contributed by atoms with van der Waals surface area (Å²) in [5.41, 5.74) is -0.608. The summed E-state index contributed by atoms with van der Waals surface area (Å²) in [5, 5.41) is 0. The molecule has 1 aliphatic carbocycles. The SMILES string of the molecule is O=C(OCc1ccccc1)N1CCC(N2CCCC(COCC3(C(F)(F)F)CC3)C2)CC1. The maximum absolute atomic E-state index is 13.1. The van der Waals surface area contributed by atoms with E-state index in [1.165, 1.54) is 0 Å². The van der Waals surface area contributed by atoms with Crippen molar-refractivity contribution in [2.75, 3.05) is 39.4 Å². The van der Waals surface area contributed by atoms with Crippen LogP contribution in [0.5, 0.6) is 0 Å². The minimum absolute atomic E-state index is 0.194. The number of nitrogens with zero attached hydrogens (tertiary/aromatic N) is 2. The molecule has 2 saturated heterocycles. The lowest BCUT2D eigenvalue weighted by molar-refractivity contribution is -0.202. The second-order valence-electron chi connectivity index (χ2n) is 9.55. The van der Waals surface area contributed by atoms with Crippen molar-refractivity contribution in [3.63, 3.8) is 0 Å². The highest BCUT2D eigenvalue weighted by Crippen LogP contribution is 2.57. The number of amides is 1. The van der Waals surface area contributed by atoms with Crippen LogP contribution in [-0.2, 0) is 16.1 Å². The molecule has 1 saturated carbocycles. The quantitative estimate of drug-likeness (QED) is 0.590. The lowest BCUT2D eigenvalue weighted by Crippen LogP contribution is -2.50. The lowest BCUT2D eigenvalue weighted by atomic mass is 9.94. The molecule has 0 radical (unpaired) electrons. The molecule has 1 aromatic rings. The van der Waals surface area contributed by atoms with Gasteiger partial charge in [-0.3, -0.25) is 4.90 Å². The average molecular weight is 455 g/mol. The molecule has 8 heteroatoms. The van der Waals surface area contributed by atoms with Gasteiger partial charge in [-0.1, -0.05) is 30.3 Å². The Hall–Kier alpha value is -1.80. The Kier molecular flexibility index (Phi) is 7.30. The first-order valence-corrected chi connectivity index (χ1v) is 11.7. The Bertz CT molecular complexity index is 747. The van der Waals surface area contributed by atoms with Crippen molar-refractivity contribution in [1.29, 1.82) is 0 Å². The van der Waals surface area contributed by atoms with Gasteiger partial charge in [-0.2, -0.15) is 13.2 Å². The highest BCUT2D eigenvalue weighted by atomic mass is 19.4. The van der Waals surface area contributed by atoms with Gasteiger partial charge in [0.15, 0.2) is 0 Å². The molecular formula is C24H33F3N2O3. The van der Waals surface area contributed by atoms with E-state index in [0.29, 0.717) is 25.7 Å². The van der Waals surface area contributed by atoms with Gasteiger partial charge in [-0.25, -0.2) is 4.79 Å². The van der Waals surface area contributed by atoms with E-state index in [1.807, 2.05) is 30.3 Å². The Morgan fingerprint density at radius 2 is 1.78 bits per heavy atom. The zero-order valence-electron chi connectivity index (χ0n) is 18.5. The zero-order chi connectivity index (χ0) is 22.6. The van der Waals surface area contributed by atoms with E-state index in [4.69, 9.17) is 9.47 Å². The third-order valence-corrected chi connectivity index (χ3v) is 7.18. The van der Waals surface area contributed by atoms with Gasteiger partial charge in [0.1, 0.15) is 6.61 Å². The van der Waals surface area contributed by atoms with Gasteiger partial charge in [0, 0.05) is 25.7 Å². The van der Waals surface area contributed by atoms with Crippen molar-refractivity contribution in [2.24, 2.45) is 11.3 Å². The monoisotopic (exact) mass is 454 g/mol. The van der Waals surface area contributed by atoms with E-state index >= 15 is 0 Å². The van der Waals surface area contributed by atoms with E-state index < -0.39 is 11.6 Å². The summed E-state index contributed by atoms with van der Waals surface area (Å²) < 4.78 is 50.2. The molecule has 0 aromatic heterocycles. The number of hydrogen-bond acceptors (Lipinski definition) is 4. The van der Waals surface area contributed by atoms with Gasteiger partial charge in [0.25, 0.3) is 0 Å². The molecule has 3 aliphatic rings. The Balaban J connectivity index is 1.16. The second kappa shape index (κ2) is 10.00. The number of benzene rings is 1. The van der Waals surface area contributed by atoms with Gasteiger partial charge in [-0.15, -0.1) is 0 Å². The summed E-state index contributed by atoms with van der Waals surface area (Å²) in [6.07, 6.45) is -0.203.